The van der Waals surface area contributed by atoms with Crippen LogP contribution >= 0.6 is 0 Å². The van der Waals surface area contributed by atoms with Crippen LogP contribution in [0.1, 0.15) is 27.2 Å². The van der Waals surface area contributed by atoms with Gasteiger partial charge in [0.1, 0.15) is 0 Å². The molecule has 28 heavy (non-hydrogen) atoms. The van der Waals surface area contributed by atoms with E-state index in [2.05, 4.69) is 71.3 Å². The maximum atomic E-state index is 2.60. The van der Waals surface area contributed by atoms with Gasteiger partial charge in [-0.15, -0.1) is 0 Å². The first kappa shape index (κ1) is 25.8. The summed E-state index contributed by atoms with van der Waals surface area (Å²) in [4.78, 5) is 14.9. The summed E-state index contributed by atoms with van der Waals surface area (Å²) in [7, 11) is 6.49. The van der Waals surface area contributed by atoms with Crippen LogP contribution in [-0.2, 0) is 0 Å². The summed E-state index contributed by atoms with van der Waals surface area (Å²) in [5, 5.41) is 0. The number of nitrogens with zero attached hydrogens (tertiary/aromatic N) is 6. The number of piperazine rings is 2. The fraction of sp³-hybridized carbons (Fsp3) is 1.00. The van der Waals surface area contributed by atoms with Crippen molar-refractivity contribution in [1.29, 1.82) is 0 Å². The van der Waals surface area contributed by atoms with Crippen molar-refractivity contribution in [3.05, 3.63) is 0 Å². The predicted octanol–water partition coefficient (Wildman–Crippen LogP) is 1.15. The normalized spacial score (nSPS) is 20.6. The molecule has 2 rings (SSSR count). The molecule has 2 saturated heterocycles. The van der Waals surface area contributed by atoms with E-state index in [-0.39, 0.29) is 0 Å². The van der Waals surface area contributed by atoms with Crippen LogP contribution in [0.3, 0.4) is 0 Å². The second kappa shape index (κ2) is 15.6. The van der Waals surface area contributed by atoms with Crippen LogP contribution in [0.15, 0.2) is 0 Å². The molecule has 2 heterocycles. The van der Waals surface area contributed by atoms with E-state index in [0.29, 0.717) is 0 Å². The van der Waals surface area contributed by atoms with Gasteiger partial charge in [0.25, 0.3) is 0 Å². The Morgan fingerprint density at radius 1 is 0.643 bits per heavy atom. The Labute approximate surface area is 176 Å². The molecule has 0 atom stereocenters. The van der Waals surface area contributed by atoms with Crippen molar-refractivity contribution in [3.63, 3.8) is 0 Å². The highest BCUT2D eigenvalue weighted by Gasteiger charge is 2.15. The fourth-order valence-electron chi connectivity index (χ4n) is 3.83. The first-order chi connectivity index (χ1) is 13.5. The monoisotopic (exact) mass is 398 g/mol. The standard InChI is InChI=1S/C12H27N3.C10H23N3/c1-4-13(5-2)7-10-15-11-8-14(6-3)9-12-15;1-11(2)5-4-6-13-9-7-12(3)8-10-13/h4-12H2,1-3H3;4-10H2,1-3H3. The summed E-state index contributed by atoms with van der Waals surface area (Å²) >= 11 is 0. The number of rotatable bonds is 10. The van der Waals surface area contributed by atoms with Crippen molar-refractivity contribution in [2.24, 2.45) is 0 Å². The summed E-state index contributed by atoms with van der Waals surface area (Å²) in [6.45, 7) is 25.3. The van der Waals surface area contributed by atoms with Crippen LogP contribution in [0.4, 0.5) is 0 Å². The van der Waals surface area contributed by atoms with E-state index in [1.165, 1.54) is 105 Å². The molecule has 0 aliphatic carbocycles. The van der Waals surface area contributed by atoms with Gasteiger partial charge >= 0.3 is 0 Å². The topological polar surface area (TPSA) is 19.4 Å². The van der Waals surface area contributed by atoms with E-state index in [1.54, 1.807) is 0 Å². The van der Waals surface area contributed by atoms with Crippen molar-refractivity contribution in [1.82, 2.24) is 29.4 Å². The summed E-state index contributed by atoms with van der Waals surface area (Å²) in [6, 6.07) is 0. The zero-order valence-corrected chi connectivity index (χ0v) is 20.0. The second-order valence-corrected chi connectivity index (χ2v) is 8.60. The van der Waals surface area contributed by atoms with Crippen LogP contribution in [-0.4, -0.2) is 149 Å². The second-order valence-electron chi connectivity index (χ2n) is 8.60. The van der Waals surface area contributed by atoms with Crippen LogP contribution in [0.2, 0.25) is 0 Å². The van der Waals surface area contributed by atoms with Gasteiger partial charge in [-0.3, -0.25) is 4.90 Å². The SMILES string of the molecule is CCN(CC)CCN1CCN(CC)CC1.CN(C)CCCN1CCN(C)CC1. The van der Waals surface area contributed by atoms with Crippen LogP contribution in [0.25, 0.3) is 0 Å². The lowest BCUT2D eigenvalue weighted by Gasteiger charge is -2.35. The van der Waals surface area contributed by atoms with Crippen LogP contribution in [0, 0.1) is 0 Å². The molecule has 0 aromatic heterocycles. The van der Waals surface area contributed by atoms with Crippen molar-refractivity contribution in [3.8, 4) is 0 Å². The first-order valence-corrected chi connectivity index (χ1v) is 11.7. The molecule has 2 aliphatic heterocycles. The Kier molecular flexibility index (Phi) is 14.4. The van der Waals surface area contributed by atoms with Gasteiger partial charge in [-0.2, -0.15) is 0 Å². The number of likely N-dealkylation sites (N-methyl/N-ethyl adjacent to an activating group) is 3. The van der Waals surface area contributed by atoms with E-state index in [9.17, 15) is 0 Å². The lowest BCUT2D eigenvalue weighted by molar-refractivity contribution is 0.124. The minimum Gasteiger partial charge on any atom is -0.309 e. The highest BCUT2D eigenvalue weighted by Crippen LogP contribution is 2.01. The van der Waals surface area contributed by atoms with Crippen LogP contribution < -0.4 is 0 Å². The van der Waals surface area contributed by atoms with E-state index >= 15 is 0 Å². The quantitative estimate of drug-likeness (QED) is 0.546. The summed E-state index contributed by atoms with van der Waals surface area (Å²) < 4.78 is 0. The predicted molar refractivity (Wildman–Crippen MR) is 123 cm³/mol. The van der Waals surface area contributed by atoms with Gasteiger partial charge < -0.3 is 24.5 Å². The molecular weight excluding hydrogens is 348 g/mol. The van der Waals surface area contributed by atoms with Crippen molar-refractivity contribution < 1.29 is 0 Å². The van der Waals surface area contributed by atoms with Crippen molar-refractivity contribution in [2.75, 3.05) is 119 Å². The van der Waals surface area contributed by atoms with E-state index in [4.69, 9.17) is 0 Å². The molecule has 0 radical (unpaired) electrons. The Morgan fingerprint density at radius 3 is 1.64 bits per heavy atom. The van der Waals surface area contributed by atoms with E-state index in [1.807, 2.05) is 0 Å². The largest absolute Gasteiger partial charge is 0.309 e. The molecule has 0 aromatic carbocycles. The van der Waals surface area contributed by atoms with Crippen molar-refractivity contribution >= 4 is 0 Å². The molecule has 0 N–H and O–H groups in total. The molecule has 0 bridgehead atoms. The maximum Gasteiger partial charge on any atom is 0.0110 e. The average molecular weight is 399 g/mol. The third-order valence-electron chi connectivity index (χ3n) is 6.21. The van der Waals surface area contributed by atoms with Crippen molar-refractivity contribution in [2.45, 2.75) is 27.2 Å². The molecule has 2 aliphatic rings. The highest BCUT2D eigenvalue weighted by molar-refractivity contribution is 4.72. The minimum atomic E-state index is 1.19. The molecular formula is C22H50N6. The van der Waals surface area contributed by atoms with Gasteiger partial charge in [0, 0.05) is 65.4 Å². The molecule has 6 heteroatoms. The molecule has 0 spiro atoms. The summed E-state index contributed by atoms with van der Waals surface area (Å²) in [5.41, 5.74) is 0. The minimum absolute atomic E-state index is 1.19. The fourth-order valence-corrected chi connectivity index (χ4v) is 3.83. The van der Waals surface area contributed by atoms with E-state index < -0.39 is 0 Å². The summed E-state index contributed by atoms with van der Waals surface area (Å²) in [6.07, 6.45) is 1.30. The lowest BCUT2D eigenvalue weighted by Crippen LogP contribution is -2.48. The molecule has 0 saturated carbocycles. The maximum absolute atomic E-state index is 2.60. The molecule has 2 fully saturated rings. The zero-order valence-electron chi connectivity index (χ0n) is 20.0. The van der Waals surface area contributed by atoms with Gasteiger partial charge in [0.2, 0.25) is 0 Å². The number of hydrogen-bond acceptors (Lipinski definition) is 6. The third kappa shape index (κ3) is 11.7. The number of hydrogen-bond donors (Lipinski definition) is 0. The van der Waals surface area contributed by atoms with Gasteiger partial charge in [0.15, 0.2) is 0 Å². The van der Waals surface area contributed by atoms with Gasteiger partial charge in [-0.05, 0) is 60.3 Å². The highest BCUT2D eigenvalue weighted by atomic mass is 15.3. The smallest absolute Gasteiger partial charge is 0.0110 e. The van der Waals surface area contributed by atoms with Crippen LogP contribution in [0.5, 0.6) is 0 Å². The Morgan fingerprint density at radius 2 is 1.14 bits per heavy atom. The Balaban J connectivity index is 0.000000283. The first-order valence-electron chi connectivity index (χ1n) is 11.7. The average Bonchev–Trinajstić information content (AvgIpc) is 2.71. The molecule has 168 valence electrons. The molecule has 0 amide bonds. The van der Waals surface area contributed by atoms with Gasteiger partial charge in [0.05, 0.1) is 0 Å². The van der Waals surface area contributed by atoms with E-state index in [0.717, 1.165) is 0 Å². The van der Waals surface area contributed by atoms with Gasteiger partial charge in [-0.1, -0.05) is 20.8 Å². The third-order valence-corrected chi connectivity index (χ3v) is 6.21. The van der Waals surface area contributed by atoms with Gasteiger partial charge in [-0.25, -0.2) is 0 Å². The lowest BCUT2D eigenvalue weighted by atomic mass is 10.3. The zero-order chi connectivity index (χ0) is 20.8. The molecule has 0 aromatic rings. The Bertz CT molecular complexity index is 345. The summed E-state index contributed by atoms with van der Waals surface area (Å²) in [5.74, 6) is 0. The molecule has 0 unspecified atom stereocenters. The molecule has 6 nitrogen and oxygen atoms in total. The Hall–Kier alpha value is -0.240.